The van der Waals surface area contributed by atoms with Gasteiger partial charge >= 0.3 is 0 Å². The van der Waals surface area contributed by atoms with Gasteiger partial charge in [0, 0.05) is 39.1 Å². The second kappa shape index (κ2) is 8.70. The topological polar surface area (TPSA) is 82.7 Å². The van der Waals surface area contributed by atoms with Crippen molar-refractivity contribution in [2.45, 2.75) is 45.4 Å². The van der Waals surface area contributed by atoms with Gasteiger partial charge in [0.05, 0.1) is 23.0 Å². The first-order chi connectivity index (χ1) is 18.2. The van der Waals surface area contributed by atoms with Crippen LogP contribution in [-0.2, 0) is 11.8 Å². The van der Waals surface area contributed by atoms with Crippen LogP contribution in [0, 0.1) is 41.7 Å². The van der Waals surface area contributed by atoms with Crippen LogP contribution in [0.1, 0.15) is 43.6 Å². The molecule has 0 spiro atoms. The summed E-state index contributed by atoms with van der Waals surface area (Å²) in [6.45, 7) is 5.81. The lowest BCUT2D eigenvalue weighted by Crippen LogP contribution is -2.45. The highest BCUT2D eigenvalue weighted by atomic mass is 19.1. The van der Waals surface area contributed by atoms with Crippen molar-refractivity contribution in [1.82, 2.24) is 15.0 Å². The number of aromatic nitrogens is 3. The van der Waals surface area contributed by atoms with E-state index in [4.69, 9.17) is 9.97 Å². The molecule has 3 atom stereocenters. The maximum absolute atomic E-state index is 15.2. The van der Waals surface area contributed by atoms with E-state index in [-0.39, 0.29) is 28.9 Å². The first-order valence-corrected chi connectivity index (χ1v) is 12.8. The third kappa shape index (κ3) is 3.51. The molecule has 0 amide bonds. The fraction of sp³-hybridized carbons (Fsp3) is 0.290. The van der Waals surface area contributed by atoms with Crippen molar-refractivity contribution in [1.29, 1.82) is 5.26 Å². The lowest BCUT2D eigenvalue weighted by Gasteiger charge is -2.48. The highest BCUT2D eigenvalue weighted by molar-refractivity contribution is 5.93. The van der Waals surface area contributed by atoms with Gasteiger partial charge < -0.3 is 5.11 Å². The van der Waals surface area contributed by atoms with Gasteiger partial charge in [0.15, 0.2) is 5.82 Å². The molecule has 4 aromatic rings. The zero-order valence-electron chi connectivity index (χ0n) is 21.4. The molecule has 2 aliphatic rings. The smallest absolute Gasteiger partial charge is 0.160 e. The molecule has 190 valence electrons. The molecule has 5 nitrogen and oxygen atoms in total. The van der Waals surface area contributed by atoms with Gasteiger partial charge in [-0.3, -0.25) is 0 Å². The van der Waals surface area contributed by atoms with Crippen molar-refractivity contribution in [3.05, 3.63) is 88.4 Å². The number of halogens is 2. The average Bonchev–Trinajstić information content (AvgIpc) is 2.91. The number of benzene rings is 2. The van der Waals surface area contributed by atoms with Crippen molar-refractivity contribution in [3.8, 4) is 28.7 Å². The summed E-state index contributed by atoms with van der Waals surface area (Å²) in [6.07, 6.45) is 1.69. The number of para-hydroxylation sites is 1. The lowest BCUT2D eigenvalue weighted by molar-refractivity contribution is 0.136. The predicted molar refractivity (Wildman–Crippen MR) is 141 cm³/mol. The molecule has 0 aliphatic heterocycles. The minimum Gasteiger partial charge on any atom is -0.511 e. The van der Waals surface area contributed by atoms with Gasteiger partial charge in [-0.25, -0.2) is 23.7 Å². The summed E-state index contributed by atoms with van der Waals surface area (Å²) < 4.78 is 30.0. The zero-order valence-corrected chi connectivity index (χ0v) is 21.4. The van der Waals surface area contributed by atoms with Gasteiger partial charge in [-0.15, -0.1) is 0 Å². The molecule has 6 rings (SSSR count). The van der Waals surface area contributed by atoms with Gasteiger partial charge in [-0.2, -0.15) is 5.26 Å². The summed E-state index contributed by atoms with van der Waals surface area (Å²) in [4.78, 5) is 14.4. The van der Waals surface area contributed by atoms with E-state index in [1.165, 1.54) is 12.1 Å². The second-order valence-electron chi connectivity index (χ2n) is 10.7. The molecule has 7 heteroatoms. The van der Waals surface area contributed by atoms with E-state index in [0.717, 1.165) is 17.7 Å². The Morgan fingerprint density at radius 1 is 1.03 bits per heavy atom. The van der Waals surface area contributed by atoms with Crippen LogP contribution in [0.3, 0.4) is 0 Å². The Kier molecular flexibility index (Phi) is 5.53. The Hall–Kier alpha value is -4.18. The van der Waals surface area contributed by atoms with Gasteiger partial charge in [0.2, 0.25) is 0 Å². The number of hydrogen-bond acceptors (Lipinski definition) is 5. The van der Waals surface area contributed by atoms with Gasteiger partial charge in [0.1, 0.15) is 22.9 Å². The Labute approximate surface area is 219 Å². The van der Waals surface area contributed by atoms with Crippen LogP contribution in [-0.4, -0.2) is 20.1 Å². The maximum atomic E-state index is 15.2. The number of hydrogen-bond donors (Lipinski definition) is 1. The number of pyridine rings is 1. The summed E-state index contributed by atoms with van der Waals surface area (Å²) in [5, 5.41) is 21.1. The summed E-state index contributed by atoms with van der Waals surface area (Å²) >= 11 is 0. The molecule has 2 aliphatic carbocycles. The molecule has 38 heavy (non-hydrogen) atoms. The van der Waals surface area contributed by atoms with Crippen LogP contribution < -0.4 is 0 Å². The predicted octanol–water partition coefficient (Wildman–Crippen LogP) is 7.14. The largest absolute Gasteiger partial charge is 0.511 e. The SMILES string of the molecule is Cc1cc(-c2nc(-c3ccccc3F)c3c(n2)[C@]2(C)CC(C#N)=C(O)[C@H](C)[C@H]2CC3)c2cccc(F)c2n1. The molecule has 0 bridgehead atoms. The fourth-order valence-corrected chi connectivity index (χ4v) is 6.55. The quantitative estimate of drug-likeness (QED) is 0.311. The van der Waals surface area contributed by atoms with Crippen LogP contribution in [0.15, 0.2) is 59.9 Å². The zero-order chi connectivity index (χ0) is 26.8. The second-order valence-corrected chi connectivity index (χ2v) is 10.7. The minimum atomic E-state index is -0.578. The van der Waals surface area contributed by atoms with Crippen molar-refractivity contribution in [2.75, 3.05) is 0 Å². The number of fused-ring (bicyclic) bond motifs is 4. The molecular formula is C31H26F2N4O. The van der Waals surface area contributed by atoms with Crippen LogP contribution in [0.4, 0.5) is 8.78 Å². The summed E-state index contributed by atoms with van der Waals surface area (Å²) in [6, 6.07) is 15.3. The summed E-state index contributed by atoms with van der Waals surface area (Å²) in [7, 11) is 0. The number of aryl methyl sites for hydroxylation is 1. The molecule has 0 radical (unpaired) electrons. The Morgan fingerprint density at radius 3 is 2.55 bits per heavy atom. The van der Waals surface area contributed by atoms with E-state index in [9.17, 15) is 14.8 Å². The van der Waals surface area contributed by atoms with E-state index < -0.39 is 11.2 Å². The molecule has 0 unspecified atom stereocenters. The number of nitriles is 1. The van der Waals surface area contributed by atoms with Crippen molar-refractivity contribution in [3.63, 3.8) is 0 Å². The van der Waals surface area contributed by atoms with E-state index in [1.54, 1.807) is 37.3 Å². The third-order valence-electron chi connectivity index (χ3n) is 8.38. The first-order valence-electron chi connectivity index (χ1n) is 12.8. The first kappa shape index (κ1) is 24.2. The van der Waals surface area contributed by atoms with Crippen LogP contribution >= 0.6 is 0 Å². The Balaban J connectivity index is 1.69. The monoisotopic (exact) mass is 508 g/mol. The molecule has 2 aromatic carbocycles. The fourth-order valence-electron chi connectivity index (χ4n) is 6.55. The van der Waals surface area contributed by atoms with E-state index in [1.807, 2.05) is 13.0 Å². The molecular weight excluding hydrogens is 482 g/mol. The normalized spacial score (nSPS) is 22.6. The van der Waals surface area contributed by atoms with Crippen molar-refractivity contribution in [2.24, 2.45) is 11.8 Å². The molecule has 0 fully saturated rings. The van der Waals surface area contributed by atoms with Crippen molar-refractivity contribution < 1.29 is 13.9 Å². The van der Waals surface area contributed by atoms with Crippen molar-refractivity contribution >= 4 is 10.9 Å². The number of rotatable bonds is 2. The Bertz CT molecular complexity index is 1710. The number of aliphatic hydroxyl groups is 1. The maximum Gasteiger partial charge on any atom is 0.160 e. The Morgan fingerprint density at radius 2 is 1.79 bits per heavy atom. The van der Waals surface area contributed by atoms with Crippen LogP contribution in [0.25, 0.3) is 33.5 Å². The van der Waals surface area contributed by atoms with Gasteiger partial charge in [-0.05, 0) is 56.4 Å². The van der Waals surface area contributed by atoms with E-state index in [0.29, 0.717) is 52.1 Å². The third-order valence-corrected chi connectivity index (χ3v) is 8.38. The molecule has 0 saturated heterocycles. The number of allylic oxidation sites excluding steroid dienone is 2. The molecule has 2 heterocycles. The van der Waals surface area contributed by atoms with E-state index in [2.05, 4.69) is 18.0 Å². The molecule has 1 N–H and O–H groups in total. The standard InChI is InChI=1S/C31H26F2N4O/c1-16-13-22(19-8-6-10-25(33)27(19)35-16)30-36-26(20-7-4-5-9-24(20)32)21-11-12-23-17(2)28(38)18(15-34)14-31(23,3)29(21)37-30/h4-10,13,17,23,38H,11-12,14H2,1-3H3/t17-,23-,31-/m1/s1. The number of aliphatic hydroxyl groups excluding tert-OH is 1. The van der Waals surface area contributed by atoms with Gasteiger partial charge in [-0.1, -0.05) is 38.1 Å². The van der Waals surface area contributed by atoms with Crippen LogP contribution in [0.2, 0.25) is 0 Å². The average molecular weight is 509 g/mol. The highest BCUT2D eigenvalue weighted by Gasteiger charge is 2.50. The molecule has 2 aromatic heterocycles. The van der Waals surface area contributed by atoms with Gasteiger partial charge in [0.25, 0.3) is 0 Å². The summed E-state index contributed by atoms with van der Waals surface area (Å²) in [5.41, 5.74) is 3.71. The number of nitrogens with zero attached hydrogens (tertiary/aromatic N) is 4. The highest BCUT2D eigenvalue weighted by Crippen LogP contribution is 2.54. The van der Waals surface area contributed by atoms with Crippen LogP contribution in [0.5, 0.6) is 0 Å². The minimum absolute atomic E-state index is 0.0386. The van der Waals surface area contributed by atoms with E-state index >= 15 is 4.39 Å². The molecule has 0 saturated carbocycles. The summed E-state index contributed by atoms with van der Waals surface area (Å²) in [5.74, 6) is -0.502. The lowest BCUT2D eigenvalue weighted by atomic mass is 9.56.